The summed E-state index contributed by atoms with van der Waals surface area (Å²) in [5.41, 5.74) is -0.549. The fourth-order valence-electron chi connectivity index (χ4n) is 0.713. The van der Waals surface area contributed by atoms with Gasteiger partial charge in [-0.25, -0.2) is 9.78 Å². The number of ether oxygens (including phenoxy) is 1. The molecule has 1 N–H and O–H groups in total. The van der Waals surface area contributed by atoms with E-state index in [1.807, 2.05) is 0 Å². The van der Waals surface area contributed by atoms with Crippen LogP contribution in [-0.4, -0.2) is 26.9 Å². The lowest BCUT2D eigenvalue weighted by Crippen LogP contribution is -2.27. The first-order chi connectivity index (χ1) is 6.87. The monoisotopic (exact) mass is 274 g/mol. The fraction of sp³-hybridized carbons (Fsp3) is 0.500. The van der Waals surface area contributed by atoms with Crippen molar-refractivity contribution in [3.8, 4) is 0 Å². The van der Waals surface area contributed by atoms with Crippen molar-refractivity contribution in [2.75, 3.05) is 5.32 Å². The molecule has 1 amide bonds. The van der Waals surface area contributed by atoms with Crippen LogP contribution in [-0.2, 0) is 4.74 Å². The van der Waals surface area contributed by atoms with Crippen molar-refractivity contribution in [1.82, 2.24) is 15.2 Å². The molecule has 1 aromatic rings. The third kappa shape index (κ3) is 4.68. The Bertz CT molecular complexity index is 347. The van der Waals surface area contributed by atoms with Gasteiger partial charge in [-0.05, 0) is 36.7 Å². The molecule has 0 unspecified atom stereocenters. The summed E-state index contributed by atoms with van der Waals surface area (Å²) in [5.74, 6) is 0.104. The zero-order valence-corrected chi connectivity index (χ0v) is 10.2. The van der Waals surface area contributed by atoms with Crippen LogP contribution >= 0.6 is 15.9 Å². The van der Waals surface area contributed by atoms with Gasteiger partial charge in [0.05, 0.1) is 6.20 Å². The quantitative estimate of drug-likeness (QED) is 0.847. The number of nitrogens with zero attached hydrogens (tertiary/aromatic N) is 3. The minimum absolute atomic E-state index is 0.104. The molecule has 82 valence electrons. The van der Waals surface area contributed by atoms with Crippen molar-refractivity contribution >= 4 is 28.0 Å². The maximum absolute atomic E-state index is 11.3. The number of hydrogen-bond acceptors (Lipinski definition) is 5. The lowest BCUT2D eigenvalue weighted by atomic mass is 10.2. The lowest BCUT2D eigenvalue weighted by Gasteiger charge is -2.18. The summed E-state index contributed by atoms with van der Waals surface area (Å²) < 4.78 is 5.50. The van der Waals surface area contributed by atoms with E-state index in [0.717, 1.165) is 0 Å². The zero-order valence-electron chi connectivity index (χ0n) is 8.61. The largest absolute Gasteiger partial charge is 0.444 e. The molecule has 1 aromatic heterocycles. The highest BCUT2D eigenvalue weighted by Gasteiger charge is 2.16. The van der Waals surface area contributed by atoms with Gasteiger partial charge >= 0.3 is 6.09 Å². The third-order valence-corrected chi connectivity index (χ3v) is 1.51. The Morgan fingerprint density at radius 3 is 2.60 bits per heavy atom. The highest BCUT2D eigenvalue weighted by atomic mass is 79.9. The second kappa shape index (κ2) is 4.52. The smallest absolute Gasteiger partial charge is 0.414 e. The van der Waals surface area contributed by atoms with Gasteiger partial charge in [-0.2, -0.15) is 0 Å². The van der Waals surface area contributed by atoms with Crippen molar-refractivity contribution in [2.24, 2.45) is 0 Å². The lowest BCUT2D eigenvalue weighted by molar-refractivity contribution is 0.0634. The van der Waals surface area contributed by atoms with Crippen LogP contribution in [0.4, 0.5) is 10.7 Å². The number of anilines is 1. The van der Waals surface area contributed by atoms with E-state index >= 15 is 0 Å². The highest BCUT2D eigenvalue weighted by Crippen LogP contribution is 2.09. The van der Waals surface area contributed by atoms with Gasteiger partial charge in [0.1, 0.15) is 10.2 Å². The topological polar surface area (TPSA) is 77.0 Å². The molecule has 6 nitrogen and oxygen atoms in total. The minimum Gasteiger partial charge on any atom is -0.444 e. The van der Waals surface area contributed by atoms with Crippen LogP contribution in [0.25, 0.3) is 0 Å². The van der Waals surface area contributed by atoms with Crippen molar-refractivity contribution < 1.29 is 9.53 Å². The molecule has 0 aliphatic rings. The second-order valence-corrected chi connectivity index (χ2v) is 4.54. The molecule has 0 saturated heterocycles. The number of aromatic nitrogens is 3. The number of carbonyl (C=O) groups excluding carboxylic acids is 1. The molecule has 0 fully saturated rings. The molecule has 1 heterocycles. The predicted octanol–water partition coefficient (Wildman–Crippen LogP) is 1.98. The summed E-state index contributed by atoms with van der Waals surface area (Å²) in [7, 11) is 0. The average Bonchev–Trinajstić information content (AvgIpc) is 2.05. The Balaban J connectivity index is 2.55. The van der Waals surface area contributed by atoms with Gasteiger partial charge in [0, 0.05) is 0 Å². The van der Waals surface area contributed by atoms with Crippen molar-refractivity contribution in [2.45, 2.75) is 26.4 Å². The molecule has 0 bridgehead atoms. The van der Waals surface area contributed by atoms with Gasteiger partial charge in [0.25, 0.3) is 5.95 Å². The van der Waals surface area contributed by atoms with Crippen molar-refractivity contribution in [1.29, 1.82) is 0 Å². The highest BCUT2D eigenvalue weighted by molar-refractivity contribution is 9.10. The SMILES string of the molecule is CC(C)(C)OC(=O)Nc1ncc(Br)nn1. The second-order valence-electron chi connectivity index (χ2n) is 3.73. The minimum atomic E-state index is -0.605. The molecule has 0 saturated carbocycles. The average molecular weight is 275 g/mol. The van der Waals surface area contributed by atoms with Gasteiger partial charge < -0.3 is 4.74 Å². The summed E-state index contributed by atoms with van der Waals surface area (Å²) in [6.45, 7) is 5.31. The van der Waals surface area contributed by atoms with Crippen LogP contribution in [0.5, 0.6) is 0 Å². The van der Waals surface area contributed by atoms with E-state index in [4.69, 9.17) is 4.74 Å². The van der Waals surface area contributed by atoms with Gasteiger partial charge in [-0.3, -0.25) is 5.32 Å². The van der Waals surface area contributed by atoms with E-state index in [1.165, 1.54) is 6.20 Å². The molecular weight excluding hydrogens is 264 g/mol. The van der Waals surface area contributed by atoms with Crippen LogP contribution in [0.15, 0.2) is 10.8 Å². The molecule has 7 heteroatoms. The standard InChI is InChI=1S/C8H11BrN4O2/c1-8(2,3)15-7(14)11-6-10-4-5(9)12-13-6/h4H,1-3H3,(H,10,11,13,14). The molecule has 0 atom stereocenters. The van der Waals surface area contributed by atoms with Crippen molar-refractivity contribution in [3.63, 3.8) is 0 Å². The van der Waals surface area contributed by atoms with E-state index in [9.17, 15) is 4.79 Å². The van der Waals surface area contributed by atoms with E-state index in [-0.39, 0.29) is 5.95 Å². The van der Waals surface area contributed by atoms with Crippen LogP contribution in [0, 0.1) is 0 Å². The van der Waals surface area contributed by atoms with E-state index < -0.39 is 11.7 Å². The van der Waals surface area contributed by atoms with Crippen LogP contribution in [0.3, 0.4) is 0 Å². The Labute approximate surface area is 95.6 Å². The Morgan fingerprint density at radius 1 is 1.47 bits per heavy atom. The van der Waals surface area contributed by atoms with Crippen LogP contribution in [0.2, 0.25) is 0 Å². The molecule has 0 spiro atoms. The first-order valence-electron chi connectivity index (χ1n) is 4.22. The maximum Gasteiger partial charge on any atom is 0.414 e. The number of amides is 1. The number of halogens is 1. The summed E-state index contributed by atoms with van der Waals surface area (Å²) in [5, 5.41) is 9.65. The van der Waals surface area contributed by atoms with Crippen LogP contribution in [0.1, 0.15) is 20.8 Å². The van der Waals surface area contributed by atoms with E-state index in [2.05, 4.69) is 36.4 Å². The van der Waals surface area contributed by atoms with Gasteiger partial charge in [-0.1, -0.05) is 0 Å². The molecule has 1 rings (SSSR count). The molecule has 0 aromatic carbocycles. The Morgan fingerprint density at radius 2 is 2.13 bits per heavy atom. The number of carbonyl (C=O) groups is 1. The molecule has 15 heavy (non-hydrogen) atoms. The van der Waals surface area contributed by atoms with Gasteiger partial charge in [-0.15, -0.1) is 10.2 Å². The number of rotatable bonds is 1. The van der Waals surface area contributed by atoms with Crippen molar-refractivity contribution in [3.05, 3.63) is 10.8 Å². The Hall–Kier alpha value is -1.24. The maximum atomic E-state index is 11.3. The fourth-order valence-corrected chi connectivity index (χ4v) is 0.895. The summed E-state index contributed by atoms with van der Waals surface area (Å²) >= 11 is 3.08. The molecule has 0 radical (unpaired) electrons. The molecule has 0 aliphatic heterocycles. The number of nitrogens with one attached hydrogen (secondary N) is 1. The first-order valence-corrected chi connectivity index (χ1v) is 5.01. The van der Waals surface area contributed by atoms with E-state index in [0.29, 0.717) is 4.60 Å². The molecule has 0 aliphatic carbocycles. The van der Waals surface area contributed by atoms with Gasteiger partial charge in [0.15, 0.2) is 0 Å². The third-order valence-electron chi connectivity index (χ3n) is 1.15. The first kappa shape index (κ1) is 11.8. The summed E-state index contributed by atoms with van der Waals surface area (Å²) in [6.07, 6.45) is 0.825. The number of hydrogen-bond donors (Lipinski definition) is 1. The summed E-state index contributed by atoms with van der Waals surface area (Å²) in [6, 6.07) is 0. The molecular formula is C8H11BrN4O2. The van der Waals surface area contributed by atoms with Crippen LogP contribution < -0.4 is 5.32 Å². The zero-order chi connectivity index (χ0) is 11.5. The van der Waals surface area contributed by atoms with Gasteiger partial charge in [0.2, 0.25) is 0 Å². The predicted molar refractivity (Wildman–Crippen MR) is 57.4 cm³/mol. The summed E-state index contributed by atoms with van der Waals surface area (Å²) in [4.78, 5) is 15.1. The van der Waals surface area contributed by atoms with E-state index in [1.54, 1.807) is 20.8 Å². The Kier molecular flexibility index (Phi) is 3.57. The normalized spacial score (nSPS) is 10.9.